The highest BCUT2D eigenvalue weighted by Gasteiger charge is 2.38. The average Bonchev–Trinajstić information content (AvgIpc) is 3.24. The lowest BCUT2D eigenvalue weighted by Crippen LogP contribution is -2.51. The van der Waals surface area contributed by atoms with E-state index < -0.39 is 6.04 Å². The Balaban J connectivity index is 1.70. The molecule has 2 aromatic rings. The fourth-order valence-electron chi connectivity index (χ4n) is 3.26. The molecule has 0 saturated carbocycles. The molecule has 6 nitrogen and oxygen atoms in total. The predicted molar refractivity (Wildman–Crippen MR) is 94.8 cm³/mol. The predicted octanol–water partition coefficient (Wildman–Crippen LogP) is 2.07. The summed E-state index contributed by atoms with van der Waals surface area (Å²) in [6.07, 6.45) is 6.13. The van der Waals surface area contributed by atoms with E-state index in [9.17, 15) is 9.59 Å². The smallest absolute Gasteiger partial charge is 0.255 e. The normalized spacial score (nSPS) is 15.8. The molecule has 1 aliphatic rings. The summed E-state index contributed by atoms with van der Waals surface area (Å²) in [5, 5.41) is 2.98. The third-order valence-electron chi connectivity index (χ3n) is 4.87. The highest BCUT2D eigenvalue weighted by Crippen LogP contribution is 2.28. The number of carbonyl (C=O) groups is 2. The lowest BCUT2D eigenvalue weighted by Gasteiger charge is -2.31. The van der Waals surface area contributed by atoms with Gasteiger partial charge in [-0.1, -0.05) is 38.5 Å². The van der Waals surface area contributed by atoms with E-state index in [2.05, 4.69) is 10.3 Å². The van der Waals surface area contributed by atoms with Crippen LogP contribution in [0, 0.1) is 5.92 Å². The minimum atomic E-state index is -0.451. The van der Waals surface area contributed by atoms with Crippen molar-refractivity contribution in [1.82, 2.24) is 19.8 Å². The number of fused-ring (bicyclic) bond motifs is 1. The third-order valence-corrected chi connectivity index (χ3v) is 4.87. The molecule has 25 heavy (non-hydrogen) atoms. The van der Waals surface area contributed by atoms with Gasteiger partial charge in [0.2, 0.25) is 5.91 Å². The molecule has 0 fully saturated rings. The Kier molecular flexibility index (Phi) is 5.16. The number of nitrogens with zero attached hydrogens (tertiary/aromatic N) is 3. The Hall–Kier alpha value is -2.63. The van der Waals surface area contributed by atoms with Crippen molar-refractivity contribution >= 4 is 11.8 Å². The molecule has 0 bridgehead atoms. The van der Waals surface area contributed by atoms with Crippen LogP contribution < -0.4 is 5.32 Å². The second-order valence-electron chi connectivity index (χ2n) is 6.51. The summed E-state index contributed by atoms with van der Waals surface area (Å²) < 4.78 is 1.91. The van der Waals surface area contributed by atoms with Crippen molar-refractivity contribution in [2.24, 2.45) is 5.92 Å². The number of carbonyl (C=O) groups excluding carboxylic acids is 2. The second-order valence-corrected chi connectivity index (χ2v) is 6.51. The van der Waals surface area contributed by atoms with Crippen LogP contribution in [0.25, 0.3) is 0 Å². The summed E-state index contributed by atoms with van der Waals surface area (Å²) in [7, 11) is 0. The summed E-state index contributed by atoms with van der Waals surface area (Å²) in [4.78, 5) is 31.3. The third kappa shape index (κ3) is 3.57. The van der Waals surface area contributed by atoms with Crippen molar-refractivity contribution in [3.63, 3.8) is 0 Å². The number of amides is 2. The van der Waals surface area contributed by atoms with E-state index in [1.807, 2.05) is 48.9 Å². The first-order valence-corrected chi connectivity index (χ1v) is 8.74. The van der Waals surface area contributed by atoms with E-state index in [1.165, 1.54) is 0 Å². The van der Waals surface area contributed by atoms with Gasteiger partial charge >= 0.3 is 0 Å². The van der Waals surface area contributed by atoms with Crippen molar-refractivity contribution in [2.75, 3.05) is 6.54 Å². The van der Waals surface area contributed by atoms with Crippen molar-refractivity contribution in [3.05, 3.63) is 54.1 Å². The lowest BCUT2D eigenvalue weighted by atomic mass is 9.96. The maximum absolute atomic E-state index is 12.8. The van der Waals surface area contributed by atoms with E-state index in [1.54, 1.807) is 17.4 Å². The molecule has 132 valence electrons. The van der Waals surface area contributed by atoms with E-state index in [0.29, 0.717) is 25.2 Å². The monoisotopic (exact) mass is 340 g/mol. The van der Waals surface area contributed by atoms with Crippen LogP contribution >= 0.6 is 0 Å². The summed E-state index contributed by atoms with van der Waals surface area (Å²) in [5.41, 5.74) is 1.70. The zero-order valence-electron chi connectivity index (χ0n) is 14.7. The number of rotatable bonds is 7. The molecule has 0 spiro atoms. The zero-order chi connectivity index (χ0) is 17.8. The molecular formula is C19H24N4O2. The molecule has 2 amide bonds. The fourth-order valence-corrected chi connectivity index (χ4v) is 3.26. The molecule has 2 heterocycles. The molecule has 2 atom stereocenters. The van der Waals surface area contributed by atoms with Gasteiger partial charge in [-0.25, -0.2) is 4.98 Å². The van der Waals surface area contributed by atoms with Crippen LogP contribution in [0.3, 0.4) is 0 Å². The summed E-state index contributed by atoms with van der Waals surface area (Å²) in [6.45, 7) is 5.74. The molecule has 0 unspecified atom stereocenters. The van der Waals surface area contributed by atoms with Crippen LogP contribution in [0.1, 0.15) is 36.2 Å². The van der Waals surface area contributed by atoms with Gasteiger partial charge in [-0.05, 0) is 17.5 Å². The van der Waals surface area contributed by atoms with Gasteiger partial charge in [0.25, 0.3) is 5.91 Å². The first-order valence-electron chi connectivity index (χ1n) is 8.74. The standard InChI is InChI=1S/C19H24N4O2/c1-3-14(2)17(18(24)21-9-11-22-10-8-20-13-22)23-12-15-6-4-5-7-16(15)19(23)25/h4-8,10,13-14,17H,3,9,11-12H2,1-2H3,(H,21,24)/t14-,17-/m0/s1. The maximum Gasteiger partial charge on any atom is 0.255 e. The fraction of sp³-hybridized carbons (Fsp3) is 0.421. The Bertz CT molecular complexity index is 742. The zero-order valence-corrected chi connectivity index (χ0v) is 14.7. The summed E-state index contributed by atoms with van der Waals surface area (Å²) in [5.74, 6) is -0.0483. The molecule has 0 radical (unpaired) electrons. The first-order chi connectivity index (χ1) is 12.1. The number of nitrogens with one attached hydrogen (secondary N) is 1. The van der Waals surface area contributed by atoms with Crippen LogP contribution in [0.5, 0.6) is 0 Å². The van der Waals surface area contributed by atoms with Gasteiger partial charge in [0.1, 0.15) is 6.04 Å². The van der Waals surface area contributed by atoms with Gasteiger partial charge in [-0.3, -0.25) is 9.59 Å². The van der Waals surface area contributed by atoms with Crippen LogP contribution in [-0.4, -0.2) is 38.9 Å². The number of hydrogen-bond donors (Lipinski definition) is 1. The van der Waals surface area contributed by atoms with Crippen molar-refractivity contribution < 1.29 is 9.59 Å². The number of imidazole rings is 1. The summed E-state index contributed by atoms with van der Waals surface area (Å²) in [6, 6.07) is 7.13. The second kappa shape index (κ2) is 7.51. The van der Waals surface area contributed by atoms with Crippen LogP contribution in [-0.2, 0) is 17.9 Å². The molecule has 1 aromatic heterocycles. The van der Waals surface area contributed by atoms with Gasteiger partial charge in [0.15, 0.2) is 0 Å². The molecule has 0 aliphatic carbocycles. The van der Waals surface area contributed by atoms with Gasteiger partial charge in [-0.15, -0.1) is 0 Å². The Morgan fingerprint density at radius 1 is 1.36 bits per heavy atom. The number of aromatic nitrogens is 2. The average molecular weight is 340 g/mol. The van der Waals surface area contributed by atoms with Gasteiger partial charge in [-0.2, -0.15) is 0 Å². The van der Waals surface area contributed by atoms with E-state index >= 15 is 0 Å². The molecule has 1 aliphatic heterocycles. The van der Waals surface area contributed by atoms with E-state index in [4.69, 9.17) is 0 Å². The molecule has 0 saturated heterocycles. The number of hydrogen-bond acceptors (Lipinski definition) is 3. The number of benzene rings is 1. The highest BCUT2D eigenvalue weighted by atomic mass is 16.2. The quantitative estimate of drug-likeness (QED) is 0.839. The van der Waals surface area contributed by atoms with Crippen LogP contribution in [0.4, 0.5) is 0 Å². The van der Waals surface area contributed by atoms with Crippen molar-refractivity contribution in [3.8, 4) is 0 Å². The van der Waals surface area contributed by atoms with E-state index in [-0.39, 0.29) is 17.7 Å². The largest absolute Gasteiger partial charge is 0.353 e. The van der Waals surface area contributed by atoms with Crippen LogP contribution in [0.2, 0.25) is 0 Å². The molecule has 6 heteroatoms. The first kappa shape index (κ1) is 17.2. The molecule has 1 aromatic carbocycles. The Morgan fingerprint density at radius 3 is 2.84 bits per heavy atom. The SMILES string of the molecule is CC[C@H](C)[C@@H](C(=O)NCCn1ccnc1)N1Cc2ccccc2C1=O. The topological polar surface area (TPSA) is 67.2 Å². The van der Waals surface area contributed by atoms with Crippen molar-refractivity contribution in [1.29, 1.82) is 0 Å². The van der Waals surface area contributed by atoms with Gasteiger partial charge in [0, 0.05) is 37.6 Å². The van der Waals surface area contributed by atoms with E-state index in [0.717, 1.165) is 12.0 Å². The molecular weight excluding hydrogens is 316 g/mol. The highest BCUT2D eigenvalue weighted by molar-refractivity contribution is 6.01. The minimum absolute atomic E-state index is 0.0503. The lowest BCUT2D eigenvalue weighted by molar-refractivity contribution is -0.127. The minimum Gasteiger partial charge on any atom is -0.353 e. The molecule has 3 rings (SSSR count). The summed E-state index contributed by atoms with van der Waals surface area (Å²) >= 11 is 0. The molecule has 1 N–H and O–H groups in total. The maximum atomic E-state index is 12.8. The van der Waals surface area contributed by atoms with Gasteiger partial charge < -0.3 is 14.8 Å². The van der Waals surface area contributed by atoms with Crippen LogP contribution in [0.15, 0.2) is 43.0 Å². The Labute approximate surface area is 147 Å². The van der Waals surface area contributed by atoms with Crippen molar-refractivity contribution in [2.45, 2.75) is 39.4 Å². The van der Waals surface area contributed by atoms with Gasteiger partial charge in [0.05, 0.1) is 6.33 Å². The Morgan fingerprint density at radius 2 is 2.16 bits per heavy atom.